The Bertz CT molecular complexity index is 1320. The number of carbonyl (C=O) groups is 5. The van der Waals surface area contributed by atoms with Crippen LogP contribution >= 0.6 is 0 Å². The van der Waals surface area contributed by atoms with Gasteiger partial charge in [-0.2, -0.15) is 0 Å². The minimum Gasteiger partial charge on any atom is -0.460 e. The summed E-state index contributed by atoms with van der Waals surface area (Å²) in [5.41, 5.74) is -2.38. The maximum absolute atomic E-state index is 14.1. The van der Waals surface area contributed by atoms with Gasteiger partial charge in [-0.05, 0) is 59.3 Å². The third-order valence-corrected chi connectivity index (χ3v) is 10.4. The number of alkyl carbamates (subject to hydrolysis) is 1. The molecule has 1 unspecified atom stereocenters. The highest BCUT2D eigenvalue weighted by Crippen LogP contribution is 2.46. The molecule has 0 spiro atoms. The van der Waals surface area contributed by atoms with Crippen LogP contribution in [0, 0.1) is 11.8 Å². The van der Waals surface area contributed by atoms with Crippen molar-refractivity contribution in [2.24, 2.45) is 11.8 Å². The molecule has 3 fully saturated rings. The van der Waals surface area contributed by atoms with Gasteiger partial charge in [0, 0.05) is 18.9 Å². The smallest absolute Gasteiger partial charge is 0.408 e. The predicted octanol–water partition coefficient (Wildman–Crippen LogP) is 1.68. The van der Waals surface area contributed by atoms with E-state index in [9.17, 15) is 32.4 Å². The number of carbonyl (C=O) groups excluding carboxylic acids is 5. The van der Waals surface area contributed by atoms with Crippen molar-refractivity contribution in [3.8, 4) is 0 Å². The zero-order valence-corrected chi connectivity index (χ0v) is 28.2. The van der Waals surface area contributed by atoms with E-state index < -0.39 is 80.3 Å². The second kappa shape index (κ2) is 14.3. The zero-order chi connectivity index (χ0) is 33.9. The monoisotopic (exact) mass is 668 g/mol. The molecule has 2 saturated carbocycles. The van der Waals surface area contributed by atoms with Crippen LogP contribution in [0.25, 0.3) is 0 Å². The quantitative estimate of drug-likeness (QED) is 0.254. The van der Waals surface area contributed by atoms with E-state index in [-0.39, 0.29) is 44.9 Å². The summed E-state index contributed by atoms with van der Waals surface area (Å²) in [7, 11) is -3.90. The number of amides is 4. The largest absolute Gasteiger partial charge is 0.460 e. The van der Waals surface area contributed by atoms with Crippen molar-refractivity contribution in [3.05, 3.63) is 12.2 Å². The second-order valence-corrected chi connectivity index (χ2v) is 15.7. The van der Waals surface area contributed by atoms with Crippen LogP contribution in [-0.4, -0.2) is 97.4 Å². The van der Waals surface area contributed by atoms with Crippen molar-refractivity contribution < 1.29 is 46.6 Å². The van der Waals surface area contributed by atoms with E-state index in [0.29, 0.717) is 25.7 Å². The number of rotatable bonds is 8. The van der Waals surface area contributed by atoms with Crippen LogP contribution in [0.2, 0.25) is 0 Å². The fourth-order valence-electron chi connectivity index (χ4n) is 5.84. The van der Waals surface area contributed by atoms with Crippen LogP contribution in [0.15, 0.2) is 12.2 Å². The maximum Gasteiger partial charge on any atom is 0.408 e. The summed E-state index contributed by atoms with van der Waals surface area (Å²) >= 11 is 0. The number of hydrogen-bond donors (Lipinski definition) is 3. The third-order valence-electron chi connectivity index (χ3n) is 8.57. The molecule has 46 heavy (non-hydrogen) atoms. The van der Waals surface area contributed by atoms with Gasteiger partial charge < -0.3 is 29.7 Å². The molecule has 14 nitrogen and oxygen atoms in total. The topological polar surface area (TPSA) is 187 Å². The lowest BCUT2D eigenvalue weighted by atomic mass is 10.1. The summed E-state index contributed by atoms with van der Waals surface area (Å²) < 4.78 is 44.2. The summed E-state index contributed by atoms with van der Waals surface area (Å²) in [4.78, 5) is 68.3. The average Bonchev–Trinajstić information content (AvgIpc) is 3.87. The molecule has 2 heterocycles. The Morgan fingerprint density at radius 2 is 1.91 bits per heavy atom. The SMILES string of the molecule is CCCC(C)C(=O)O[C@@H]1C[C@H]2C(=O)N[C@]3(C(=O)NS(=O)(=O)C4CC4)C[C@@H]3/C=C\COCCC[C@H](NC(=O)OC(C)(C)C)C(=O)N2C1. The molecule has 15 heteroatoms. The van der Waals surface area contributed by atoms with Gasteiger partial charge in [-0.1, -0.05) is 32.4 Å². The molecule has 4 rings (SSSR count). The zero-order valence-electron chi connectivity index (χ0n) is 27.3. The van der Waals surface area contributed by atoms with Gasteiger partial charge in [0.25, 0.3) is 5.91 Å². The van der Waals surface area contributed by atoms with E-state index in [1.165, 1.54) is 4.90 Å². The molecule has 0 aromatic heterocycles. The molecule has 0 aromatic rings. The standard InChI is InChI=1S/C31H48N4O10S/c1-6-9-19(2)27(38)44-21-16-24-25(36)33-31(28(39)34-46(41,42)22-12-13-22)17-20(31)10-7-14-43-15-8-11-23(26(37)35(24)18-21)32-29(40)45-30(3,4)5/h7,10,19-24H,6,8-9,11-18H2,1-5H3,(H,32,40)(H,33,36)(H,34,39)/b10-7-/t19?,20-,21+,23-,24-,31+/m0/s1. The van der Waals surface area contributed by atoms with Crippen molar-refractivity contribution >= 4 is 39.8 Å². The highest BCUT2D eigenvalue weighted by atomic mass is 32.2. The van der Waals surface area contributed by atoms with E-state index in [2.05, 4.69) is 15.4 Å². The van der Waals surface area contributed by atoms with E-state index in [4.69, 9.17) is 14.2 Å². The summed E-state index contributed by atoms with van der Waals surface area (Å²) in [6, 6.07) is -2.25. The molecule has 3 N–H and O–H groups in total. The average molecular weight is 669 g/mol. The van der Waals surface area contributed by atoms with Crippen molar-refractivity contribution in [1.82, 2.24) is 20.3 Å². The Hall–Kier alpha value is -3.20. The summed E-state index contributed by atoms with van der Waals surface area (Å²) in [5.74, 6) is -3.45. The van der Waals surface area contributed by atoms with Gasteiger partial charge in [0.1, 0.15) is 29.3 Å². The molecule has 4 aliphatic rings. The van der Waals surface area contributed by atoms with Gasteiger partial charge in [0.2, 0.25) is 21.8 Å². The predicted molar refractivity (Wildman–Crippen MR) is 165 cm³/mol. The molecule has 258 valence electrons. The molecule has 1 saturated heterocycles. The van der Waals surface area contributed by atoms with Crippen LogP contribution in [0.4, 0.5) is 4.79 Å². The molecule has 6 atom stereocenters. The lowest BCUT2D eigenvalue weighted by Gasteiger charge is -2.30. The van der Waals surface area contributed by atoms with Crippen molar-refractivity contribution in [2.45, 2.75) is 121 Å². The van der Waals surface area contributed by atoms with E-state index in [0.717, 1.165) is 6.42 Å². The van der Waals surface area contributed by atoms with Gasteiger partial charge in [0.05, 0.1) is 24.3 Å². The number of sulfonamides is 1. The third kappa shape index (κ3) is 8.99. The van der Waals surface area contributed by atoms with Crippen molar-refractivity contribution in [1.29, 1.82) is 0 Å². The van der Waals surface area contributed by atoms with Crippen LogP contribution in [0.3, 0.4) is 0 Å². The van der Waals surface area contributed by atoms with Crippen molar-refractivity contribution in [3.63, 3.8) is 0 Å². The summed E-state index contributed by atoms with van der Waals surface area (Å²) in [6.45, 7) is 9.12. The van der Waals surface area contributed by atoms with E-state index in [1.807, 2.05) is 6.92 Å². The minimum absolute atomic E-state index is 0.0387. The number of ether oxygens (including phenoxy) is 3. The Morgan fingerprint density at radius 3 is 2.57 bits per heavy atom. The molecule has 0 radical (unpaired) electrons. The Balaban J connectivity index is 1.62. The first-order chi connectivity index (χ1) is 21.6. The Morgan fingerprint density at radius 1 is 1.20 bits per heavy atom. The number of nitrogens with zero attached hydrogens (tertiary/aromatic N) is 1. The summed E-state index contributed by atoms with van der Waals surface area (Å²) in [6.07, 6.45) is 4.78. The lowest BCUT2D eigenvalue weighted by Crippen LogP contribution is -2.58. The van der Waals surface area contributed by atoms with Crippen molar-refractivity contribution in [2.75, 3.05) is 19.8 Å². The Labute approximate surface area is 270 Å². The molecular weight excluding hydrogens is 620 g/mol. The van der Waals surface area contributed by atoms with Gasteiger partial charge in [-0.3, -0.25) is 23.9 Å². The minimum atomic E-state index is -3.90. The first kappa shape index (κ1) is 35.7. The van der Waals surface area contributed by atoms with Crippen LogP contribution in [0.5, 0.6) is 0 Å². The highest BCUT2D eigenvalue weighted by molar-refractivity contribution is 7.91. The van der Waals surface area contributed by atoms with Gasteiger partial charge in [-0.25, -0.2) is 13.2 Å². The maximum atomic E-state index is 14.1. The molecule has 0 bridgehead atoms. The van der Waals surface area contributed by atoms with Gasteiger partial charge in [-0.15, -0.1) is 0 Å². The normalized spacial score (nSPS) is 30.3. The fourth-order valence-corrected chi connectivity index (χ4v) is 7.21. The molecule has 2 aliphatic heterocycles. The van der Waals surface area contributed by atoms with Gasteiger partial charge >= 0.3 is 12.1 Å². The summed E-state index contributed by atoms with van der Waals surface area (Å²) in [5, 5.41) is 4.74. The first-order valence-electron chi connectivity index (χ1n) is 16.2. The highest BCUT2D eigenvalue weighted by Gasteiger charge is 2.62. The fraction of sp³-hybridized carbons (Fsp3) is 0.774. The molecule has 0 aromatic carbocycles. The van der Waals surface area contributed by atoms with Gasteiger partial charge in [0.15, 0.2) is 0 Å². The lowest BCUT2D eigenvalue weighted by molar-refractivity contribution is -0.153. The first-order valence-corrected chi connectivity index (χ1v) is 17.7. The Kier molecular flexibility index (Phi) is 11.1. The number of hydrogen-bond acceptors (Lipinski definition) is 10. The number of esters is 1. The van der Waals surface area contributed by atoms with E-state index in [1.54, 1.807) is 39.8 Å². The van der Waals surface area contributed by atoms with Crippen LogP contribution in [0.1, 0.15) is 86.0 Å². The molecule has 4 amide bonds. The number of nitrogens with one attached hydrogen (secondary N) is 3. The number of fused-ring (bicyclic) bond motifs is 2. The van der Waals surface area contributed by atoms with E-state index >= 15 is 0 Å². The van der Waals surface area contributed by atoms with Crippen LogP contribution < -0.4 is 15.4 Å². The molecule has 2 aliphatic carbocycles. The second-order valence-electron chi connectivity index (χ2n) is 13.8. The molecular formula is C31H48N4O10S. The van der Waals surface area contributed by atoms with Crippen LogP contribution in [-0.2, 0) is 43.4 Å².